The Kier molecular flexibility index (Phi) is 5.56. The van der Waals surface area contributed by atoms with Gasteiger partial charge in [0, 0.05) is 26.2 Å². The molecule has 0 bridgehead atoms. The van der Waals surface area contributed by atoms with Gasteiger partial charge in [0.05, 0.1) is 25.7 Å². The summed E-state index contributed by atoms with van der Waals surface area (Å²) in [7, 11) is 6.29. The minimum Gasteiger partial charge on any atom is -0.308 e. The van der Waals surface area contributed by atoms with Gasteiger partial charge in [-0.2, -0.15) is 0 Å². The summed E-state index contributed by atoms with van der Waals surface area (Å²) in [4.78, 5) is 4.80. The first kappa shape index (κ1) is 15.0. The normalized spacial score (nSPS) is 16.5. The molecular formula is C16H27N4+. The number of piperazine rings is 1. The van der Waals surface area contributed by atoms with E-state index in [0.717, 1.165) is 32.7 Å². The molecule has 0 spiro atoms. The SMILES string of the molecule is CNC(c1ccccc1)=[N+]1CCN(CCN(C)C)CC1. The van der Waals surface area contributed by atoms with Gasteiger partial charge in [0.2, 0.25) is 0 Å². The number of amidine groups is 1. The van der Waals surface area contributed by atoms with Gasteiger partial charge in [-0.15, -0.1) is 0 Å². The second-order valence-corrected chi connectivity index (χ2v) is 5.60. The van der Waals surface area contributed by atoms with Gasteiger partial charge in [-0.3, -0.25) is 14.8 Å². The van der Waals surface area contributed by atoms with Gasteiger partial charge < -0.3 is 4.90 Å². The quantitative estimate of drug-likeness (QED) is 0.640. The molecule has 0 amide bonds. The van der Waals surface area contributed by atoms with Crippen molar-refractivity contribution >= 4 is 5.84 Å². The molecule has 1 aliphatic rings. The Morgan fingerprint density at radius 1 is 1.20 bits per heavy atom. The molecule has 1 saturated heterocycles. The van der Waals surface area contributed by atoms with Crippen LogP contribution in [0.1, 0.15) is 5.56 Å². The van der Waals surface area contributed by atoms with Crippen molar-refractivity contribution in [2.75, 3.05) is 60.4 Å². The van der Waals surface area contributed by atoms with E-state index in [2.05, 4.69) is 64.1 Å². The minimum absolute atomic E-state index is 1.10. The fourth-order valence-corrected chi connectivity index (χ4v) is 2.62. The number of likely N-dealkylation sites (N-methyl/N-ethyl adjacent to an activating group) is 1. The third kappa shape index (κ3) is 4.05. The first-order valence-corrected chi connectivity index (χ1v) is 7.43. The molecule has 4 heteroatoms. The van der Waals surface area contributed by atoms with Crippen molar-refractivity contribution in [1.82, 2.24) is 15.1 Å². The minimum atomic E-state index is 1.10. The summed E-state index contributed by atoms with van der Waals surface area (Å²) in [6.45, 7) is 6.79. The van der Waals surface area contributed by atoms with Gasteiger partial charge in [0.15, 0.2) is 0 Å². The van der Waals surface area contributed by atoms with Crippen molar-refractivity contribution in [3.63, 3.8) is 0 Å². The Morgan fingerprint density at radius 2 is 1.85 bits per heavy atom. The zero-order chi connectivity index (χ0) is 14.4. The fourth-order valence-electron chi connectivity index (χ4n) is 2.62. The van der Waals surface area contributed by atoms with Crippen LogP contribution in [0.25, 0.3) is 0 Å². The number of hydrogen-bond donors (Lipinski definition) is 1. The number of nitrogens with one attached hydrogen (secondary N) is 1. The summed E-state index contributed by atoms with van der Waals surface area (Å²) in [6.07, 6.45) is 0. The highest BCUT2D eigenvalue weighted by atomic mass is 15.2. The van der Waals surface area contributed by atoms with Crippen LogP contribution in [-0.2, 0) is 0 Å². The molecule has 1 fully saturated rings. The van der Waals surface area contributed by atoms with Crippen molar-refractivity contribution in [1.29, 1.82) is 0 Å². The molecule has 1 N–H and O–H groups in total. The average molecular weight is 275 g/mol. The van der Waals surface area contributed by atoms with E-state index in [1.807, 2.05) is 7.05 Å². The standard InChI is InChI=1S/C16H26N4/c1-17-16(15-7-5-4-6-8-15)20-13-11-19(12-14-20)10-9-18(2)3/h4-8H,9-14H2,1-3H3/p+1. The van der Waals surface area contributed by atoms with Crippen LogP contribution in [0, 0.1) is 0 Å². The molecule has 20 heavy (non-hydrogen) atoms. The monoisotopic (exact) mass is 275 g/mol. The van der Waals surface area contributed by atoms with Crippen LogP contribution in [0.2, 0.25) is 0 Å². The Balaban J connectivity index is 1.98. The van der Waals surface area contributed by atoms with E-state index >= 15 is 0 Å². The second-order valence-electron chi connectivity index (χ2n) is 5.60. The highest BCUT2D eigenvalue weighted by Gasteiger charge is 2.20. The lowest BCUT2D eigenvalue weighted by Gasteiger charge is -2.29. The van der Waals surface area contributed by atoms with Crippen LogP contribution in [0.15, 0.2) is 30.3 Å². The Hall–Kier alpha value is -1.39. The second kappa shape index (κ2) is 7.41. The number of benzene rings is 1. The number of rotatable bonds is 4. The highest BCUT2D eigenvalue weighted by molar-refractivity contribution is 5.94. The molecule has 1 aliphatic heterocycles. The molecule has 4 nitrogen and oxygen atoms in total. The van der Waals surface area contributed by atoms with Gasteiger partial charge in [-0.25, -0.2) is 0 Å². The molecule has 1 heterocycles. The topological polar surface area (TPSA) is 21.5 Å². The fraction of sp³-hybridized carbons (Fsp3) is 0.562. The molecule has 2 rings (SSSR count). The molecule has 0 aromatic heterocycles. The molecule has 0 atom stereocenters. The predicted octanol–water partition coefficient (Wildman–Crippen LogP) is 0.542. The average Bonchev–Trinajstić information content (AvgIpc) is 2.48. The van der Waals surface area contributed by atoms with E-state index in [4.69, 9.17) is 0 Å². The summed E-state index contributed by atoms with van der Waals surface area (Å²) in [5.41, 5.74) is 1.27. The van der Waals surface area contributed by atoms with E-state index in [1.54, 1.807) is 0 Å². The Labute approximate surface area is 122 Å². The summed E-state index contributed by atoms with van der Waals surface area (Å²) in [5, 5.41) is 3.37. The van der Waals surface area contributed by atoms with Crippen LogP contribution in [0.3, 0.4) is 0 Å². The van der Waals surface area contributed by atoms with Gasteiger partial charge in [0.1, 0.15) is 0 Å². The first-order chi connectivity index (χ1) is 9.70. The van der Waals surface area contributed by atoms with E-state index in [-0.39, 0.29) is 0 Å². The Bertz CT molecular complexity index is 429. The third-order valence-electron chi connectivity index (χ3n) is 3.84. The number of hydrogen-bond acceptors (Lipinski definition) is 2. The van der Waals surface area contributed by atoms with Crippen molar-refractivity contribution in [3.8, 4) is 0 Å². The highest BCUT2D eigenvalue weighted by Crippen LogP contribution is 2.03. The maximum atomic E-state index is 3.37. The summed E-state index contributed by atoms with van der Waals surface area (Å²) >= 11 is 0. The van der Waals surface area contributed by atoms with E-state index in [0.29, 0.717) is 0 Å². The van der Waals surface area contributed by atoms with E-state index in [1.165, 1.54) is 17.9 Å². The van der Waals surface area contributed by atoms with Crippen LogP contribution in [0.4, 0.5) is 0 Å². The van der Waals surface area contributed by atoms with Crippen LogP contribution < -0.4 is 5.32 Å². The molecule has 0 saturated carbocycles. The molecule has 0 unspecified atom stereocenters. The Morgan fingerprint density at radius 3 is 2.40 bits per heavy atom. The van der Waals surface area contributed by atoms with E-state index < -0.39 is 0 Å². The lowest BCUT2D eigenvalue weighted by molar-refractivity contribution is -0.541. The van der Waals surface area contributed by atoms with Gasteiger partial charge >= 0.3 is 0 Å². The number of nitrogens with zero attached hydrogens (tertiary/aromatic N) is 3. The van der Waals surface area contributed by atoms with Crippen molar-refractivity contribution in [3.05, 3.63) is 35.9 Å². The zero-order valence-corrected chi connectivity index (χ0v) is 13.0. The van der Waals surface area contributed by atoms with E-state index in [9.17, 15) is 0 Å². The van der Waals surface area contributed by atoms with Crippen molar-refractivity contribution in [2.45, 2.75) is 0 Å². The van der Waals surface area contributed by atoms with Gasteiger partial charge in [0.25, 0.3) is 5.84 Å². The maximum absolute atomic E-state index is 3.37. The summed E-state index contributed by atoms with van der Waals surface area (Å²) in [5.74, 6) is 1.25. The third-order valence-corrected chi connectivity index (χ3v) is 3.84. The maximum Gasteiger partial charge on any atom is 0.276 e. The van der Waals surface area contributed by atoms with Gasteiger partial charge in [-0.1, -0.05) is 18.2 Å². The molecule has 1 aromatic rings. The lowest BCUT2D eigenvalue weighted by Crippen LogP contribution is -2.48. The van der Waals surface area contributed by atoms with Gasteiger partial charge in [-0.05, 0) is 26.2 Å². The predicted molar refractivity (Wildman–Crippen MR) is 84.6 cm³/mol. The molecule has 1 aromatic carbocycles. The van der Waals surface area contributed by atoms with Crippen LogP contribution >= 0.6 is 0 Å². The van der Waals surface area contributed by atoms with Crippen LogP contribution in [-0.4, -0.2) is 80.6 Å². The zero-order valence-electron chi connectivity index (χ0n) is 13.0. The van der Waals surface area contributed by atoms with Crippen LogP contribution in [0.5, 0.6) is 0 Å². The molecule has 110 valence electrons. The first-order valence-electron chi connectivity index (χ1n) is 7.43. The summed E-state index contributed by atoms with van der Waals surface area (Å²) in [6, 6.07) is 10.6. The molecular weight excluding hydrogens is 248 g/mol. The smallest absolute Gasteiger partial charge is 0.276 e. The molecule has 0 aliphatic carbocycles. The molecule has 0 radical (unpaired) electrons. The summed E-state index contributed by atoms with van der Waals surface area (Å²) < 4.78 is 2.46. The lowest BCUT2D eigenvalue weighted by atomic mass is 10.2. The van der Waals surface area contributed by atoms with Crippen molar-refractivity contribution < 1.29 is 4.58 Å². The van der Waals surface area contributed by atoms with Crippen molar-refractivity contribution in [2.24, 2.45) is 0 Å². The largest absolute Gasteiger partial charge is 0.308 e.